The first-order valence-corrected chi connectivity index (χ1v) is 8.76. The Hall–Kier alpha value is -2.61. The van der Waals surface area contributed by atoms with E-state index in [4.69, 9.17) is 4.42 Å². The Morgan fingerprint density at radius 2 is 1.88 bits per heavy atom. The standard InChI is InChI=1S/C19H14IN3O2/c1-11-16-18(23-14-3-2-4-15(24)9-14)21-10-22-19(16)25-17(11)12-5-7-13(20)8-6-12/h2-10,24H,1H3,(H,21,22,23). The van der Waals surface area contributed by atoms with Gasteiger partial charge in [0.25, 0.3) is 0 Å². The van der Waals surface area contributed by atoms with Crippen LogP contribution in [-0.2, 0) is 0 Å². The van der Waals surface area contributed by atoms with E-state index in [1.807, 2.05) is 37.3 Å². The van der Waals surface area contributed by atoms with E-state index in [0.29, 0.717) is 11.5 Å². The van der Waals surface area contributed by atoms with Gasteiger partial charge in [0.2, 0.25) is 5.71 Å². The highest BCUT2D eigenvalue weighted by molar-refractivity contribution is 14.1. The van der Waals surface area contributed by atoms with Crippen LogP contribution >= 0.6 is 22.6 Å². The highest BCUT2D eigenvalue weighted by atomic mass is 127. The molecule has 2 heterocycles. The van der Waals surface area contributed by atoms with E-state index >= 15 is 0 Å². The number of phenols is 1. The van der Waals surface area contributed by atoms with Gasteiger partial charge in [-0.1, -0.05) is 18.2 Å². The Kier molecular flexibility index (Phi) is 4.04. The van der Waals surface area contributed by atoms with Crippen LogP contribution < -0.4 is 5.32 Å². The van der Waals surface area contributed by atoms with E-state index < -0.39 is 0 Å². The molecule has 124 valence electrons. The van der Waals surface area contributed by atoms with Crippen molar-refractivity contribution in [2.24, 2.45) is 0 Å². The molecule has 2 aromatic heterocycles. The quantitative estimate of drug-likeness (QED) is 0.423. The fraction of sp³-hybridized carbons (Fsp3) is 0.0526. The van der Waals surface area contributed by atoms with Gasteiger partial charge >= 0.3 is 0 Å². The van der Waals surface area contributed by atoms with E-state index in [1.165, 1.54) is 9.90 Å². The van der Waals surface area contributed by atoms with Crippen LogP contribution in [0.4, 0.5) is 11.5 Å². The van der Waals surface area contributed by atoms with E-state index in [9.17, 15) is 5.11 Å². The van der Waals surface area contributed by atoms with Crippen LogP contribution in [0, 0.1) is 10.5 Å². The normalized spacial score (nSPS) is 11.0. The molecule has 0 fully saturated rings. The summed E-state index contributed by atoms with van der Waals surface area (Å²) < 4.78 is 7.15. The maximum absolute atomic E-state index is 9.64. The largest absolute Gasteiger partial charge is 0.508 e. The molecule has 4 aromatic rings. The van der Waals surface area contributed by atoms with Crippen LogP contribution in [-0.4, -0.2) is 15.1 Å². The summed E-state index contributed by atoms with van der Waals surface area (Å²) in [5.74, 6) is 1.62. The zero-order valence-corrected chi connectivity index (χ0v) is 15.5. The van der Waals surface area contributed by atoms with Gasteiger partial charge < -0.3 is 14.8 Å². The molecule has 0 saturated heterocycles. The fourth-order valence-corrected chi connectivity index (χ4v) is 3.12. The van der Waals surface area contributed by atoms with Crippen LogP contribution in [0.3, 0.4) is 0 Å². The lowest BCUT2D eigenvalue weighted by molar-refractivity contribution is 0.475. The van der Waals surface area contributed by atoms with Gasteiger partial charge in [0, 0.05) is 26.5 Å². The third kappa shape index (κ3) is 3.05. The second-order valence-electron chi connectivity index (χ2n) is 5.64. The summed E-state index contributed by atoms with van der Waals surface area (Å²) in [7, 11) is 0. The average Bonchev–Trinajstić information content (AvgIpc) is 2.94. The van der Waals surface area contributed by atoms with E-state index in [0.717, 1.165) is 28.0 Å². The summed E-state index contributed by atoms with van der Waals surface area (Å²) in [6.07, 6.45) is 1.47. The Labute approximate surface area is 157 Å². The van der Waals surface area contributed by atoms with Crippen LogP contribution in [0.2, 0.25) is 0 Å². The van der Waals surface area contributed by atoms with E-state index in [2.05, 4.69) is 37.9 Å². The number of benzene rings is 2. The highest BCUT2D eigenvalue weighted by Gasteiger charge is 2.17. The Morgan fingerprint density at radius 1 is 1.08 bits per heavy atom. The number of hydrogen-bond donors (Lipinski definition) is 2. The van der Waals surface area contributed by atoms with Crippen molar-refractivity contribution in [3.8, 4) is 17.1 Å². The molecule has 0 bridgehead atoms. The third-order valence-electron chi connectivity index (χ3n) is 3.94. The minimum atomic E-state index is 0.193. The molecular formula is C19H14IN3O2. The maximum atomic E-state index is 9.64. The molecule has 25 heavy (non-hydrogen) atoms. The van der Waals surface area contributed by atoms with Crippen molar-refractivity contribution in [1.82, 2.24) is 9.97 Å². The smallest absolute Gasteiger partial charge is 0.232 e. The molecule has 2 N–H and O–H groups in total. The molecule has 4 rings (SSSR count). The molecule has 0 radical (unpaired) electrons. The number of aryl methyl sites for hydroxylation is 1. The van der Waals surface area contributed by atoms with Gasteiger partial charge in [-0.25, -0.2) is 9.97 Å². The van der Waals surface area contributed by atoms with Crippen LogP contribution in [0.25, 0.3) is 22.4 Å². The molecule has 0 aliphatic carbocycles. The predicted octanol–water partition coefficient (Wildman–Crippen LogP) is 5.25. The minimum Gasteiger partial charge on any atom is -0.508 e. The summed E-state index contributed by atoms with van der Waals surface area (Å²) in [5, 5.41) is 13.7. The SMILES string of the molecule is Cc1c(-c2ccc(I)cc2)oc2ncnc(Nc3cccc(O)c3)c12. The number of aromatic nitrogens is 2. The first-order chi connectivity index (χ1) is 12.1. The van der Waals surface area contributed by atoms with Crippen molar-refractivity contribution < 1.29 is 9.52 Å². The van der Waals surface area contributed by atoms with Gasteiger partial charge in [-0.3, -0.25) is 0 Å². The first-order valence-electron chi connectivity index (χ1n) is 7.68. The molecule has 0 unspecified atom stereocenters. The number of phenolic OH excluding ortho intramolecular Hbond substituents is 1. The number of fused-ring (bicyclic) bond motifs is 1. The summed E-state index contributed by atoms with van der Waals surface area (Å²) in [6, 6.07) is 15.0. The Balaban J connectivity index is 1.82. The number of halogens is 1. The predicted molar refractivity (Wildman–Crippen MR) is 106 cm³/mol. The van der Waals surface area contributed by atoms with Crippen molar-refractivity contribution in [2.45, 2.75) is 6.92 Å². The monoisotopic (exact) mass is 443 g/mol. The molecule has 0 aliphatic heterocycles. The molecule has 0 atom stereocenters. The number of rotatable bonds is 3. The summed E-state index contributed by atoms with van der Waals surface area (Å²) in [4.78, 5) is 8.61. The van der Waals surface area contributed by atoms with E-state index in [-0.39, 0.29) is 5.75 Å². The number of aromatic hydroxyl groups is 1. The summed E-state index contributed by atoms with van der Waals surface area (Å²) in [5.41, 5.74) is 3.25. The summed E-state index contributed by atoms with van der Waals surface area (Å²) >= 11 is 2.28. The molecule has 0 saturated carbocycles. The second-order valence-corrected chi connectivity index (χ2v) is 6.89. The van der Waals surface area contributed by atoms with Gasteiger partial charge in [0.05, 0.1) is 5.39 Å². The number of hydrogen-bond acceptors (Lipinski definition) is 5. The lowest BCUT2D eigenvalue weighted by Crippen LogP contribution is -1.95. The molecule has 5 nitrogen and oxygen atoms in total. The van der Waals surface area contributed by atoms with Crippen molar-refractivity contribution >= 4 is 45.2 Å². The fourth-order valence-electron chi connectivity index (χ4n) is 2.76. The van der Waals surface area contributed by atoms with Crippen LogP contribution in [0.5, 0.6) is 5.75 Å². The lowest BCUT2D eigenvalue weighted by atomic mass is 10.1. The Bertz CT molecular complexity index is 1060. The zero-order chi connectivity index (χ0) is 17.4. The Morgan fingerprint density at radius 3 is 2.64 bits per heavy atom. The second kappa shape index (κ2) is 6.36. The van der Waals surface area contributed by atoms with Gasteiger partial charge in [0.15, 0.2) is 0 Å². The van der Waals surface area contributed by atoms with Crippen molar-refractivity contribution in [2.75, 3.05) is 5.32 Å². The average molecular weight is 443 g/mol. The lowest BCUT2D eigenvalue weighted by Gasteiger charge is -2.06. The van der Waals surface area contributed by atoms with Crippen molar-refractivity contribution in [3.63, 3.8) is 0 Å². The number of furan rings is 1. The van der Waals surface area contributed by atoms with Gasteiger partial charge in [-0.2, -0.15) is 0 Å². The van der Waals surface area contributed by atoms with Gasteiger partial charge in [-0.05, 0) is 53.8 Å². The molecule has 0 aliphatic rings. The number of anilines is 2. The zero-order valence-electron chi connectivity index (χ0n) is 13.3. The van der Waals surface area contributed by atoms with Crippen LogP contribution in [0.1, 0.15) is 5.56 Å². The van der Waals surface area contributed by atoms with Crippen molar-refractivity contribution in [1.29, 1.82) is 0 Å². The molecular weight excluding hydrogens is 429 g/mol. The van der Waals surface area contributed by atoms with E-state index in [1.54, 1.807) is 18.2 Å². The van der Waals surface area contributed by atoms with Crippen LogP contribution in [0.15, 0.2) is 59.3 Å². The van der Waals surface area contributed by atoms with Gasteiger partial charge in [0.1, 0.15) is 23.7 Å². The topological polar surface area (TPSA) is 71.2 Å². The first kappa shape index (κ1) is 15.9. The molecule has 6 heteroatoms. The third-order valence-corrected chi connectivity index (χ3v) is 4.66. The number of nitrogens with zero attached hydrogens (tertiary/aromatic N) is 2. The van der Waals surface area contributed by atoms with Crippen molar-refractivity contribution in [3.05, 3.63) is 64.0 Å². The van der Waals surface area contributed by atoms with Gasteiger partial charge in [-0.15, -0.1) is 0 Å². The maximum Gasteiger partial charge on any atom is 0.232 e. The highest BCUT2D eigenvalue weighted by Crippen LogP contribution is 2.36. The molecule has 0 amide bonds. The minimum absolute atomic E-state index is 0.193. The molecule has 0 spiro atoms. The molecule has 2 aromatic carbocycles. The number of nitrogens with one attached hydrogen (secondary N) is 1. The summed E-state index contributed by atoms with van der Waals surface area (Å²) in [6.45, 7) is 2.00.